The van der Waals surface area contributed by atoms with Crippen molar-refractivity contribution in [2.24, 2.45) is 0 Å². The van der Waals surface area contributed by atoms with Gasteiger partial charge in [-0.15, -0.1) is 0 Å². The summed E-state index contributed by atoms with van der Waals surface area (Å²) < 4.78 is 5.05. The molecule has 0 N–H and O–H groups in total. The van der Waals surface area contributed by atoms with Crippen LogP contribution in [0.4, 0.5) is 0 Å². The monoisotopic (exact) mass is 409 g/mol. The van der Waals surface area contributed by atoms with E-state index in [1.807, 2.05) is 31.2 Å². The van der Waals surface area contributed by atoms with Crippen LogP contribution in [0.25, 0.3) is 0 Å². The number of carbonyl (C=O) groups excluding carboxylic acids is 3. The maximum Gasteiger partial charge on any atom is 0.241 e. The molecule has 7 heteroatoms. The summed E-state index contributed by atoms with van der Waals surface area (Å²) in [6.45, 7) is 2.89. The van der Waals surface area contributed by atoms with Crippen molar-refractivity contribution in [3.8, 4) is 0 Å². The smallest absolute Gasteiger partial charge is 0.241 e. The number of amides is 3. The molecule has 1 fully saturated rings. The van der Waals surface area contributed by atoms with Crippen LogP contribution in [0.3, 0.4) is 0 Å². The molecule has 1 aromatic carbocycles. The lowest BCUT2D eigenvalue weighted by Gasteiger charge is -2.30. The number of nitrogens with zero attached hydrogens (tertiary/aromatic N) is 3. The fourth-order valence-electron chi connectivity index (χ4n) is 3.93. The molecular formula is C23H27N3O4. The molecule has 7 nitrogen and oxygen atoms in total. The van der Waals surface area contributed by atoms with Gasteiger partial charge in [-0.05, 0) is 35.7 Å². The van der Waals surface area contributed by atoms with Gasteiger partial charge in [-0.1, -0.05) is 24.3 Å². The van der Waals surface area contributed by atoms with Crippen molar-refractivity contribution in [3.63, 3.8) is 0 Å². The first-order valence-corrected chi connectivity index (χ1v) is 9.92. The van der Waals surface area contributed by atoms with Gasteiger partial charge in [0.25, 0.3) is 0 Å². The van der Waals surface area contributed by atoms with Crippen LogP contribution in [-0.2, 0) is 31.1 Å². The minimum atomic E-state index is -1.20. The third-order valence-electron chi connectivity index (χ3n) is 5.67. The molecule has 1 saturated heterocycles. The highest BCUT2D eigenvalue weighted by Gasteiger charge is 2.54. The maximum absolute atomic E-state index is 13.7. The zero-order chi connectivity index (χ0) is 21.7. The first kappa shape index (κ1) is 21.6. The minimum absolute atomic E-state index is 0.0222. The zero-order valence-electron chi connectivity index (χ0n) is 17.6. The summed E-state index contributed by atoms with van der Waals surface area (Å²) in [5.74, 6) is -0.790. The van der Waals surface area contributed by atoms with E-state index >= 15 is 0 Å². The number of rotatable bonds is 8. The number of pyridine rings is 1. The molecule has 1 aromatic heterocycles. The second-order valence-corrected chi connectivity index (χ2v) is 7.70. The Kier molecular flexibility index (Phi) is 6.62. The molecule has 0 unspecified atom stereocenters. The Bertz CT molecular complexity index is 931. The number of likely N-dealkylation sites (N-methyl/N-ethyl adjacent to an activating group) is 1. The van der Waals surface area contributed by atoms with Crippen LogP contribution < -0.4 is 0 Å². The maximum atomic E-state index is 13.7. The second-order valence-electron chi connectivity index (χ2n) is 7.70. The van der Waals surface area contributed by atoms with E-state index < -0.39 is 5.41 Å². The highest BCUT2D eigenvalue weighted by molar-refractivity contribution is 6.10. The molecule has 2 heterocycles. The first-order valence-electron chi connectivity index (χ1n) is 9.92. The van der Waals surface area contributed by atoms with Crippen molar-refractivity contribution in [1.29, 1.82) is 0 Å². The standard InChI is InChI=1S/C23H27N3O4/c1-17-6-4-5-7-19(17)23(14-20(27)25(2)12-13-30-3)15-21(28)26(22(23)29)16-18-8-10-24-11-9-18/h4-11H,12-16H2,1-3H3/t23-/m0/s1. The number of carbonyl (C=O) groups is 3. The Balaban J connectivity index is 1.96. The predicted octanol–water partition coefficient (Wildman–Crippen LogP) is 2.08. The average molecular weight is 409 g/mol. The number of hydrogen-bond acceptors (Lipinski definition) is 5. The number of aryl methyl sites for hydroxylation is 1. The lowest BCUT2D eigenvalue weighted by atomic mass is 9.74. The van der Waals surface area contributed by atoms with E-state index in [0.29, 0.717) is 13.2 Å². The Labute approximate surface area is 176 Å². The molecule has 0 spiro atoms. The predicted molar refractivity (Wildman–Crippen MR) is 111 cm³/mol. The minimum Gasteiger partial charge on any atom is -0.383 e. The van der Waals surface area contributed by atoms with Gasteiger partial charge in [0, 0.05) is 45.9 Å². The van der Waals surface area contributed by atoms with E-state index in [9.17, 15) is 14.4 Å². The molecule has 0 radical (unpaired) electrons. The van der Waals surface area contributed by atoms with Gasteiger partial charge in [0.2, 0.25) is 17.7 Å². The molecule has 1 atom stereocenters. The van der Waals surface area contributed by atoms with E-state index in [0.717, 1.165) is 16.7 Å². The number of aromatic nitrogens is 1. The molecule has 30 heavy (non-hydrogen) atoms. The van der Waals surface area contributed by atoms with Crippen LogP contribution in [0, 0.1) is 6.92 Å². The van der Waals surface area contributed by atoms with Crippen LogP contribution >= 0.6 is 0 Å². The second kappa shape index (κ2) is 9.17. The third-order valence-corrected chi connectivity index (χ3v) is 5.67. The lowest BCUT2D eigenvalue weighted by Crippen LogP contribution is -2.43. The van der Waals surface area contributed by atoms with Gasteiger partial charge in [0.15, 0.2) is 0 Å². The molecule has 1 aliphatic rings. The molecule has 0 bridgehead atoms. The summed E-state index contributed by atoms with van der Waals surface area (Å²) in [5, 5.41) is 0. The van der Waals surface area contributed by atoms with Gasteiger partial charge < -0.3 is 9.64 Å². The van der Waals surface area contributed by atoms with E-state index in [-0.39, 0.29) is 37.1 Å². The summed E-state index contributed by atoms with van der Waals surface area (Å²) in [7, 11) is 3.26. The molecule has 0 aliphatic carbocycles. The Morgan fingerprint density at radius 3 is 2.57 bits per heavy atom. The molecule has 3 amide bonds. The SMILES string of the molecule is COCCN(C)C(=O)C[C@@]1(c2ccccc2C)CC(=O)N(Cc2ccncc2)C1=O. The van der Waals surface area contributed by atoms with Crippen LogP contribution in [-0.4, -0.2) is 59.8 Å². The lowest BCUT2D eigenvalue weighted by molar-refractivity contribution is -0.143. The topological polar surface area (TPSA) is 79.8 Å². The molecule has 3 rings (SSSR count). The van der Waals surface area contributed by atoms with Gasteiger partial charge >= 0.3 is 0 Å². The summed E-state index contributed by atoms with van der Waals surface area (Å²) >= 11 is 0. The average Bonchev–Trinajstić information content (AvgIpc) is 2.97. The van der Waals surface area contributed by atoms with E-state index in [1.165, 1.54) is 4.90 Å². The number of likely N-dealkylation sites (tertiary alicyclic amines) is 1. The number of methoxy groups -OCH3 is 1. The van der Waals surface area contributed by atoms with Gasteiger partial charge in [-0.25, -0.2) is 0 Å². The van der Waals surface area contributed by atoms with E-state index in [2.05, 4.69) is 4.98 Å². The number of ether oxygens (including phenoxy) is 1. The van der Waals surface area contributed by atoms with E-state index in [1.54, 1.807) is 43.6 Å². The number of imide groups is 1. The summed E-state index contributed by atoms with van der Waals surface area (Å²) in [6.07, 6.45) is 3.17. The van der Waals surface area contributed by atoms with Crippen LogP contribution in [0.5, 0.6) is 0 Å². The Morgan fingerprint density at radius 1 is 1.20 bits per heavy atom. The van der Waals surface area contributed by atoms with E-state index in [4.69, 9.17) is 4.74 Å². The summed E-state index contributed by atoms with van der Waals surface area (Å²) in [5.41, 5.74) is 1.23. The van der Waals surface area contributed by atoms with Crippen LogP contribution in [0.2, 0.25) is 0 Å². The van der Waals surface area contributed by atoms with Crippen molar-refractivity contribution in [3.05, 3.63) is 65.5 Å². The summed E-state index contributed by atoms with van der Waals surface area (Å²) in [6, 6.07) is 11.0. The Morgan fingerprint density at radius 2 is 1.90 bits per heavy atom. The quantitative estimate of drug-likeness (QED) is 0.624. The summed E-state index contributed by atoms with van der Waals surface area (Å²) in [4.78, 5) is 46.4. The molecule has 158 valence electrons. The highest BCUT2D eigenvalue weighted by Crippen LogP contribution is 2.42. The zero-order valence-corrected chi connectivity index (χ0v) is 17.6. The van der Waals surface area contributed by atoms with Crippen LogP contribution in [0.15, 0.2) is 48.8 Å². The van der Waals surface area contributed by atoms with Gasteiger partial charge in [-0.3, -0.25) is 24.3 Å². The number of hydrogen-bond donors (Lipinski definition) is 0. The van der Waals surface area contributed by atoms with Crippen molar-refractivity contribution >= 4 is 17.7 Å². The molecule has 1 aliphatic heterocycles. The van der Waals surface area contributed by atoms with Gasteiger partial charge in [0.05, 0.1) is 18.6 Å². The van der Waals surface area contributed by atoms with Crippen molar-refractivity contribution in [2.45, 2.75) is 31.7 Å². The highest BCUT2D eigenvalue weighted by atomic mass is 16.5. The molecule has 0 saturated carbocycles. The van der Waals surface area contributed by atoms with Gasteiger partial charge in [0.1, 0.15) is 0 Å². The third kappa shape index (κ3) is 4.26. The largest absolute Gasteiger partial charge is 0.383 e. The van der Waals surface area contributed by atoms with Gasteiger partial charge in [-0.2, -0.15) is 0 Å². The normalized spacial score (nSPS) is 18.7. The molecular weight excluding hydrogens is 382 g/mol. The first-order chi connectivity index (χ1) is 14.4. The van der Waals surface area contributed by atoms with Crippen molar-refractivity contribution in [2.75, 3.05) is 27.3 Å². The Hall–Kier alpha value is -3.06. The van der Waals surface area contributed by atoms with Crippen molar-refractivity contribution < 1.29 is 19.1 Å². The fraction of sp³-hybridized carbons (Fsp3) is 0.391. The van der Waals surface area contributed by atoms with Crippen molar-refractivity contribution in [1.82, 2.24) is 14.8 Å². The molecule has 2 aromatic rings. The van der Waals surface area contributed by atoms with Crippen LogP contribution in [0.1, 0.15) is 29.5 Å². The fourth-order valence-corrected chi connectivity index (χ4v) is 3.93. The number of benzene rings is 1.